The monoisotopic (exact) mass is 463 g/mol. The molecule has 0 fully saturated rings. The predicted octanol–water partition coefficient (Wildman–Crippen LogP) is 3.76. The van der Waals surface area contributed by atoms with E-state index in [4.69, 9.17) is 18.9 Å². The van der Waals surface area contributed by atoms with Crippen LogP contribution in [-0.4, -0.2) is 46.4 Å². The summed E-state index contributed by atoms with van der Waals surface area (Å²) < 4.78 is 21.2. The number of benzene rings is 3. The van der Waals surface area contributed by atoms with Gasteiger partial charge in [-0.3, -0.25) is 9.59 Å². The first-order valence-electron chi connectivity index (χ1n) is 10.5. The van der Waals surface area contributed by atoms with Crippen LogP contribution in [0.1, 0.15) is 10.4 Å². The Kier molecular flexibility index (Phi) is 6.72. The van der Waals surface area contributed by atoms with Crippen molar-refractivity contribution in [2.24, 2.45) is 0 Å². The van der Waals surface area contributed by atoms with E-state index in [0.29, 0.717) is 39.9 Å². The smallest absolute Gasteiger partial charge is 0.257 e. The van der Waals surface area contributed by atoms with Gasteiger partial charge in [-0.1, -0.05) is 12.1 Å². The van der Waals surface area contributed by atoms with Crippen LogP contribution in [0.25, 0.3) is 0 Å². The second kappa shape index (κ2) is 10.0. The number of ether oxygens (including phenoxy) is 4. The molecule has 9 nitrogen and oxygen atoms in total. The van der Waals surface area contributed by atoms with Crippen molar-refractivity contribution >= 4 is 28.9 Å². The number of fused-ring (bicyclic) bond motifs is 1. The van der Waals surface area contributed by atoms with E-state index >= 15 is 0 Å². The molecule has 3 aromatic rings. The highest BCUT2D eigenvalue weighted by Gasteiger charge is 2.18. The largest absolute Gasteiger partial charge is 0.493 e. The Morgan fingerprint density at radius 2 is 1.68 bits per heavy atom. The maximum absolute atomic E-state index is 12.9. The average molecular weight is 463 g/mol. The molecule has 0 aliphatic carbocycles. The van der Waals surface area contributed by atoms with E-state index in [-0.39, 0.29) is 25.2 Å². The number of carbonyl (C=O) groups is 2. The van der Waals surface area contributed by atoms with Crippen molar-refractivity contribution in [3.8, 4) is 23.0 Å². The van der Waals surface area contributed by atoms with Crippen LogP contribution in [0.2, 0.25) is 0 Å². The molecule has 34 heavy (non-hydrogen) atoms. The molecule has 0 saturated carbocycles. The van der Waals surface area contributed by atoms with Gasteiger partial charge in [0.05, 0.1) is 32.0 Å². The zero-order chi connectivity index (χ0) is 24.1. The first kappa shape index (κ1) is 22.8. The summed E-state index contributed by atoms with van der Waals surface area (Å²) in [4.78, 5) is 27.5. The van der Waals surface area contributed by atoms with Crippen molar-refractivity contribution in [2.75, 3.05) is 50.1 Å². The molecule has 176 valence electrons. The molecule has 0 bridgehead atoms. The predicted molar refractivity (Wildman–Crippen MR) is 128 cm³/mol. The Bertz CT molecular complexity index is 1210. The molecule has 2 amide bonds. The molecule has 9 heteroatoms. The SMILES string of the molecule is COc1ccc(N(C)CC(=O)Nc2ccccc2C(=O)Nc2ccc3c(c2)OCO3)cc1OC. The fraction of sp³-hybridized carbons (Fsp3) is 0.200. The lowest BCUT2D eigenvalue weighted by molar-refractivity contribution is -0.114. The number of hydrogen-bond acceptors (Lipinski definition) is 7. The van der Waals surface area contributed by atoms with Crippen LogP contribution in [0.4, 0.5) is 17.1 Å². The van der Waals surface area contributed by atoms with Crippen molar-refractivity contribution in [1.82, 2.24) is 0 Å². The number of rotatable bonds is 8. The van der Waals surface area contributed by atoms with Crippen molar-refractivity contribution in [1.29, 1.82) is 0 Å². The summed E-state index contributed by atoms with van der Waals surface area (Å²) in [5, 5.41) is 5.66. The minimum absolute atomic E-state index is 0.0631. The van der Waals surface area contributed by atoms with Gasteiger partial charge in [-0.05, 0) is 36.4 Å². The van der Waals surface area contributed by atoms with Crippen molar-refractivity contribution in [3.05, 3.63) is 66.2 Å². The molecule has 0 aromatic heterocycles. The van der Waals surface area contributed by atoms with Crippen LogP contribution >= 0.6 is 0 Å². The van der Waals surface area contributed by atoms with Crippen molar-refractivity contribution in [2.45, 2.75) is 0 Å². The summed E-state index contributed by atoms with van der Waals surface area (Å²) in [5.74, 6) is 1.73. The number of nitrogens with one attached hydrogen (secondary N) is 2. The van der Waals surface area contributed by atoms with Gasteiger partial charge in [0.15, 0.2) is 23.0 Å². The van der Waals surface area contributed by atoms with Crippen LogP contribution in [0, 0.1) is 0 Å². The molecule has 4 rings (SSSR count). The summed E-state index contributed by atoms with van der Waals surface area (Å²) in [6.45, 7) is 0.215. The Hall–Kier alpha value is -4.40. The van der Waals surface area contributed by atoms with Gasteiger partial charge >= 0.3 is 0 Å². The van der Waals surface area contributed by atoms with Gasteiger partial charge in [0.2, 0.25) is 12.7 Å². The molecule has 1 aliphatic heterocycles. The third-order valence-electron chi connectivity index (χ3n) is 5.26. The van der Waals surface area contributed by atoms with E-state index in [1.807, 2.05) is 6.07 Å². The van der Waals surface area contributed by atoms with Gasteiger partial charge in [-0.25, -0.2) is 0 Å². The number of likely N-dealkylation sites (N-methyl/N-ethyl adjacent to an activating group) is 1. The van der Waals surface area contributed by atoms with Gasteiger partial charge in [-0.15, -0.1) is 0 Å². The van der Waals surface area contributed by atoms with E-state index in [1.165, 1.54) is 0 Å². The third kappa shape index (κ3) is 4.98. The van der Waals surface area contributed by atoms with Gasteiger partial charge in [0, 0.05) is 30.6 Å². The molecule has 1 aliphatic rings. The van der Waals surface area contributed by atoms with Gasteiger partial charge in [-0.2, -0.15) is 0 Å². The van der Waals surface area contributed by atoms with Gasteiger partial charge in [0.1, 0.15) is 0 Å². The Morgan fingerprint density at radius 3 is 2.47 bits per heavy atom. The van der Waals surface area contributed by atoms with Crippen LogP contribution < -0.4 is 34.5 Å². The number of hydrogen-bond donors (Lipinski definition) is 2. The minimum Gasteiger partial charge on any atom is -0.493 e. The van der Waals surface area contributed by atoms with Crippen molar-refractivity contribution < 1.29 is 28.5 Å². The van der Waals surface area contributed by atoms with Crippen LogP contribution in [-0.2, 0) is 4.79 Å². The molecule has 1 heterocycles. The zero-order valence-electron chi connectivity index (χ0n) is 19.1. The second-order valence-electron chi connectivity index (χ2n) is 7.51. The number of para-hydroxylation sites is 1. The quantitative estimate of drug-likeness (QED) is 0.525. The van der Waals surface area contributed by atoms with Crippen LogP contribution in [0.5, 0.6) is 23.0 Å². The van der Waals surface area contributed by atoms with E-state index in [0.717, 1.165) is 5.69 Å². The van der Waals surface area contributed by atoms with E-state index in [9.17, 15) is 9.59 Å². The topological polar surface area (TPSA) is 98.4 Å². The lowest BCUT2D eigenvalue weighted by Gasteiger charge is -2.20. The molecule has 2 N–H and O–H groups in total. The highest BCUT2D eigenvalue weighted by atomic mass is 16.7. The normalized spacial score (nSPS) is 11.5. The second-order valence-corrected chi connectivity index (χ2v) is 7.51. The van der Waals surface area contributed by atoms with E-state index < -0.39 is 0 Å². The molecule has 3 aromatic carbocycles. The van der Waals surface area contributed by atoms with Crippen LogP contribution in [0.15, 0.2) is 60.7 Å². The average Bonchev–Trinajstić information content (AvgIpc) is 3.31. The molecular formula is C25H25N3O6. The number of anilines is 3. The fourth-order valence-electron chi connectivity index (χ4n) is 3.52. The maximum atomic E-state index is 12.9. The Morgan fingerprint density at radius 1 is 0.912 bits per heavy atom. The first-order valence-corrected chi connectivity index (χ1v) is 10.5. The fourth-order valence-corrected chi connectivity index (χ4v) is 3.52. The standard InChI is InChI=1S/C25H25N3O6/c1-28(17-9-11-20(31-2)22(13-17)32-3)14-24(29)27-19-7-5-4-6-18(19)25(30)26-16-8-10-21-23(12-16)34-15-33-21/h4-13H,14-15H2,1-3H3,(H,26,30)(H,27,29). The molecule has 0 saturated heterocycles. The Labute approximate surface area is 197 Å². The highest BCUT2D eigenvalue weighted by molar-refractivity contribution is 6.10. The third-order valence-corrected chi connectivity index (χ3v) is 5.26. The first-order chi connectivity index (χ1) is 16.5. The molecule has 0 spiro atoms. The van der Waals surface area contributed by atoms with E-state index in [2.05, 4.69) is 10.6 Å². The number of amides is 2. The summed E-state index contributed by atoms with van der Waals surface area (Å²) in [6.07, 6.45) is 0. The summed E-state index contributed by atoms with van der Waals surface area (Å²) in [6, 6.07) is 17.4. The van der Waals surface area contributed by atoms with Gasteiger partial charge in [0.25, 0.3) is 5.91 Å². The molecule has 0 radical (unpaired) electrons. The van der Waals surface area contributed by atoms with Crippen molar-refractivity contribution in [3.63, 3.8) is 0 Å². The van der Waals surface area contributed by atoms with Crippen LogP contribution in [0.3, 0.4) is 0 Å². The number of methoxy groups -OCH3 is 2. The summed E-state index contributed by atoms with van der Waals surface area (Å²) in [5.41, 5.74) is 2.08. The summed E-state index contributed by atoms with van der Waals surface area (Å²) >= 11 is 0. The maximum Gasteiger partial charge on any atom is 0.257 e. The van der Waals surface area contributed by atoms with E-state index in [1.54, 1.807) is 80.8 Å². The number of carbonyl (C=O) groups excluding carboxylic acids is 2. The van der Waals surface area contributed by atoms with Gasteiger partial charge < -0.3 is 34.5 Å². The molecular weight excluding hydrogens is 438 g/mol. The number of nitrogens with zero attached hydrogens (tertiary/aromatic N) is 1. The summed E-state index contributed by atoms with van der Waals surface area (Å²) in [7, 11) is 4.91. The Balaban J connectivity index is 1.43. The lowest BCUT2D eigenvalue weighted by Crippen LogP contribution is -2.30. The zero-order valence-corrected chi connectivity index (χ0v) is 19.1. The highest BCUT2D eigenvalue weighted by Crippen LogP contribution is 2.34. The minimum atomic E-state index is -0.358. The lowest BCUT2D eigenvalue weighted by atomic mass is 10.1. The molecule has 0 unspecified atom stereocenters. The molecule has 0 atom stereocenters.